The second-order valence-electron chi connectivity index (χ2n) is 3.54. The summed E-state index contributed by atoms with van der Waals surface area (Å²) in [6.07, 6.45) is 0.293. The average molecular weight is 206 g/mol. The molecule has 1 aliphatic rings. The summed E-state index contributed by atoms with van der Waals surface area (Å²) in [5.41, 5.74) is 7.50. The summed E-state index contributed by atoms with van der Waals surface area (Å²) in [7, 11) is 0. The molecular weight excluding hydrogens is 192 g/mol. The molecule has 1 aromatic carbocycles. The minimum Gasteiger partial charge on any atom is -0.398 e. The number of ether oxygens (including phenoxy) is 1. The first kappa shape index (κ1) is 9.98. The fourth-order valence-corrected chi connectivity index (χ4v) is 1.65. The normalized spacial score (nSPS) is 21.9. The predicted octanol–water partition coefficient (Wildman–Crippen LogP) is 0.846. The van der Waals surface area contributed by atoms with E-state index >= 15 is 0 Å². The zero-order valence-corrected chi connectivity index (χ0v) is 8.40. The number of carbonyl (C=O) groups excluding carboxylic acids is 1. The van der Waals surface area contributed by atoms with Crippen LogP contribution >= 0.6 is 0 Å². The number of carbonyl (C=O) groups is 1. The van der Waals surface area contributed by atoms with Crippen LogP contribution in [0.5, 0.6) is 0 Å². The molecule has 0 saturated carbocycles. The molecular formula is C11H14N2O2. The Morgan fingerprint density at radius 1 is 1.40 bits per heavy atom. The number of hydrogen-bond acceptors (Lipinski definition) is 3. The number of anilines is 1. The Kier molecular flexibility index (Phi) is 2.87. The maximum atomic E-state index is 11.1. The van der Waals surface area contributed by atoms with Crippen LogP contribution in [0.3, 0.4) is 0 Å². The first-order chi connectivity index (χ1) is 7.27. The number of para-hydroxylation sites is 1. The van der Waals surface area contributed by atoms with Crippen molar-refractivity contribution in [1.29, 1.82) is 0 Å². The number of amides is 1. The molecule has 0 spiro atoms. The lowest BCUT2D eigenvalue weighted by atomic mass is 10.1. The van der Waals surface area contributed by atoms with Crippen molar-refractivity contribution >= 4 is 11.6 Å². The second kappa shape index (κ2) is 4.31. The molecule has 3 N–H and O–H groups in total. The molecule has 0 radical (unpaired) electrons. The van der Waals surface area contributed by atoms with Crippen LogP contribution < -0.4 is 11.1 Å². The summed E-state index contributed by atoms with van der Waals surface area (Å²) in [5, 5.41) is 2.80. The Morgan fingerprint density at radius 2 is 2.20 bits per heavy atom. The monoisotopic (exact) mass is 206 g/mol. The zero-order valence-electron chi connectivity index (χ0n) is 8.40. The predicted molar refractivity (Wildman–Crippen MR) is 57.2 cm³/mol. The summed E-state index contributed by atoms with van der Waals surface area (Å²) in [6, 6.07) is 7.57. The maximum absolute atomic E-state index is 11.1. The summed E-state index contributed by atoms with van der Waals surface area (Å²) >= 11 is 0. The van der Waals surface area contributed by atoms with Crippen molar-refractivity contribution in [1.82, 2.24) is 5.32 Å². The van der Waals surface area contributed by atoms with Crippen LogP contribution in [-0.4, -0.2) is 19.1 Å². The molecule has 4 heteroatoms. The molecule has 1 unspecified atom stereocenters. The van der Waals surface area contributed by atoms with Gasteiger partial charge in [-0.25, -0.2) is 0 Å². The van der Waals surface area contributed by atoms with Crippen LogP contribution in [0, 0.1) is 0 Å². The fraction of sp³-hybridized carbons (Fsp3) is 0.364. The lowest BCUT2D eigenvalue weighted by Crippen LogP contribution is -2.25. The zero-order chi connectivity index (χ0) is 10.7. The van der Waals surface area contributed by atoms with E-state index in [4.69, 9.17) is 10.5 Å². The van der Waals surface area contributed by atoms with Crippen molar-refractivity contribution in [3.63, 3.8) is 0 Å². The van der Waals surface area contributed by atoms with Gasteiger partial charge in [-0.2, -0.15) is 0 Å². The highest BCUT2D eigenvalue weighted by Gasteiger charge is 2.19. The number of nitrogens with one attached hydrogen (secondary N) is 1. The Morgan fingerprint density at radius 3 is 3.00 bits per heavy atom. The van der Waals surface area contributed by atoms with Gasteiger partial charge < -0.3 is 15.8 Å². The van der Waals surface area contributed by atoms with Crippen molar-refractivity contribution < 1.29 is 9.53 Å². The quantitative estimate of drug-likeness (QED) is 0.669. The highest BCUT2D eigenvalue weighted by molar-refractivity contribution is 5.76. The van der Waals surface area contributed by atoms with Crippen molar-refractivity contribution in [2.24, 2.45) is 0 Å². The lowest BCUT2D eigenvalue weighted by molar-refractivity contribution is -0.120. The van der Waals surface area contributed by atoms with Crippen LogP contribution in [0.2, 0.25) is 0 Å². The van der Waals surface area contributed by atoms with Crippen LogP contribution in [0.4, 0.5) is 5.69 Å². The molecule has 1 heterocycles. The van der Waals surface area contributed by atoms with Crippen molar-refractivity contribution in [3.05, 3.63) is 29.8 Å². The summed E-state index contributed by atoms with van der Waals surface area (Å²) in [6.45, 7) is 0.942. The molecule has 0 aromatic heterocycles. The van der Waals surface area contributed by atoms with Gasteiger partial charge >= 0.3 is 0 Å². The Labute approximate surface area is 88.4 Å². The minimum atomic E-state index is -0.127. The fourth-order valence-electron chi connectivity index (χ4n) is 1.65. The van der Waals surface area contributed by atoms with E-state index in [0.717, 1.165) is 5.56 Å². The molecule has 0 bridgehead atoms. The summed E-state index contributed by atoms with van der Waals surface area (Å²) in [4.78, 5) is 11.1. The van der Waals surface area contributed by atoms with Gasteiger partial charge in [0.1, 0.15) is 6.10 Å². The highest BCUT2D eigenvalue weighted by Crippen LogP contribution is 2.23. The first-order valence-corrected chi connectivity index (χ1v) is 5.00. The third kappa shape index (κ3) is 2.27. The van der Waals surface area contributed by atoms with Gasteiger partial charge in [-0.1, -0.05) is 18.2 Å². The number of rotatable bonds is 1. The average Bonchev–Trinajstić information content (AvgIpc) is 2.44. The first-order valence-electron chi connectivity index (χ1n) is 5.00. The number of hydrogen-bond donors (Lipinski definition) is 2. The van der Waals surface area contributed by atoms with E-state index in [1.54, 1.807) is 0 Å². The van der Waals surface area contributed by atoms with Crippen LogP contribution in [0.25, 0.3) is 0 Å². The van der Waals surface area contributed by atoms with Crippen molar-refractivity contribution in [2.75, 3.05) is 18.9 Å². The summed E-state index contributed by atoms with van der Waals surface area (Å²) < 4.78 is 5.58. The molecule has 1 aliphatic heterocycles. The topological polar surface area (TPSA) is 64.3 Å². The van der Waals surface area contributed by atoms with Crippen molar-refractivity contribution in [2.45, 2.75) is 12.5 Å². The van der Waals surface area contributed by atoms with E-state index in [0.29, 0.717) is 25.3 Å². The van der Waals surface area contributed by atoms with Gasteiger partial charge in [-0.3, -0.25) is 4.79 Å². The van der Waals surface area contributed by atoms with Gasteiger partial charge in [0.05, 0.1) is 6.61 Å². The number of nitrogen functional groups attached to an aromatic ring is 1. The van der Waals surface area contributed by atoms with E-state index in [-0.39, 0.29) is 12.0 Å². The highest BCUT2D eigenvalue weighted by atomic mass is 16.5. The SMILES string of the molecule is Nc1ccccc1C1CNC(=O)CCO1. The van der Waals surface area contributed by atoms with E-state index in [1.165, 1.54) is 0 Å². The maximum Gasteiger partial charge on any atom is 0.222 e. The minimum absolute atomic E-state index is 0.0343. The van der Waals surface area contributed by atoms with Crippen LogP contribution in [0.1, 0.15) is 18.1 Å². The molecule has 4 nitrogen and oxygen atoms in total. The van der Waals surface area contributed by atoms with Crippen LogP contribution in [0.15, 0.2) is 24.3 Å². The van der Waals surface area contributed by atoms with E-state index in [2.05, 4.69) is 5.32 Å². The molecule has 1 fully saturated rings. The molecule has 1 saturated heterocycles. The van der Waals surface area contributed by atoms with Gasteiger partial charge in [0.15, 0.2) is 0 Å². The largest absolute Gasteiger partial charge is 0.398 e. The number of benzene rings is 1. The molecule has 1 amide bonds. The standard InChI is InChI=1S/C11H14N2O2/c12-9-4-2-1-3-8(9)10-7-13-11(14)5-6-15-10/h1-4,10H,5-7,12H2,(H,13,14). The van der Waals surface area contributed by atoms with E-state index < -0.39 is 0 Å². The molecule has 1 atom stereocenters. The molecule has 0 aliphatic carbocycles. The molecule has 15 heavy (non-hydrogen) atoms. The van der Waals surface area contributed by atoms with Gasteiger partial charge in [-0.15, -0.1) is 0 Å². The van der Waals surface area contributed by atoms with Crippen LogP contribution in [-0.2, 0) is 9.53 Å². The lowest BCUT2D eigenvalue weighted by Gasteiger charge is -2.16. The molecule has 2 rings (SSSR count). The molecule has 80 valence electrons. The smallest absolute Gasteiger partial charge is 0.222 e. The Balaban J connectivity index is 2.16. The third-order valence-electron chi connectivity index (χ3n) is 2.48. The third-order valence-corrected chi connectivity index (χ3v) is 2.48. The Bertz CT molecular complexity index is 365. The van der Waals surface area contributed by atoms with E-state index in [9.17, 15) is 4.79 Å². The Hall–Kier alpha value is -1.55. The summed E-state index contributed by atoms with van der Waals surface area (Å²) in [5.74, 6) is 0.0343. The van der Waals surface area contributed by atoms with Gasteiger partial charge in [0, 0.05) is 24.2 Å². The van der Waals surface area contributed by atoms with Gasteiger partial charge in [-0.05, 0) is 6.07 Å². The number of nitrogens with two attached hydrogens (primary N) is 1. The van der Waals surface area contributed by atoms with E-state index in [1.807, 2.05) is 24.3 Å². The van der Waals surface area contributed by atoms with Gasteiger partial charge in [0.2, 0.25) is 5.91 Å². The van der Waals surface area contributed by atoms with Crippen molar-refractivity contribution in [3.8, 4) is 0 Å². The molecule has 1 aromatic rings. The second-order valence-corrected chi connectivity index (χ2v) is 3.54. The van der Waals surface area contributed by atoms with Gasteiger partial charge in [0.25, 0.3) is 0 Å².